The van der Waals surface area contributed by atoms with Crippen LogP contribution in [0, 0.1) is 57.7 Å². The molecular formula is C38H49ClO15. The minimum absolute atomic E-state index is 0.148. The number of Topliss-reactive ketones (excluding diaryl/α,β-unsaturated/α-hetero) is 1. The van der Waals surface area contributed by atoms with Crippen LogP contribution in [0.5, 0.6) is 0 Å². The Labute approximate surface area is 317 Å². The first-order valence-corrected chi connectivity index (χ1v) is 18.7. The van der Waals surface area contributed by atoms with Gasteiger partial charge in [-0.3, -0.25) is 28.8 Å². The topological polar surface area (TPSA) is 215 Å². The zero-order valence-corrected chi connectivity index (χ0v) is 32.7. The van der Waals surface area contributed by atoms with Crippen LogP contribution in [0.2, 0.25) is 0 Å². The van der Waals surface area contributed by atoms with E-state index in [1.807, 2.05) is 6.92 Å². The second kappa shape index (κ2) is 13.0. The van der Waals surface area contributed by atoms with Gasteiger partial charge in [0.05, 0.1) is 10.8 Å². The molecule has 0 bridgehead atoms. The van der Waals surface area contributed by atoms with E-state index in [9.17, 15) is 43.8 Å². The normalized spacial score (nSPS) is 48.6. The fourth-order valence-electron chi connectivity index (χ4n) is 12.3. The number of fused-ring (bicyclic) bond motifs is 9. The number of aliphatic hydroxyl groups excluding tert-OH is 1. The summed E-state index contributed by atoms with van der Waals surface area (Å²) >= 11 is 6.81. The van der Waals surface area contributed by atoms with Crippen molar-refractivity contribution in [2.45, 2.75) is 123 Å². The Bertz CT molecular complexity index is 1720. The van der Waals surface area contributed by atoms with Crippen molar-refractivity contribution >= 4 is 53.2 Å². The van der Waals surface area contributed by atoms with E-state index in [0.717, 1.165) is 20.8 Å². The van der Waals surface area contributed by atoms with Crippen LogP contribution in [0.25, 0.3) is 0 Å². The molecule has 0 aromatic rings. The first-order valence-electron chi connectivity index (χ1n) is 18.3. The molecule has 5 fully saturated rings. The van der Waals surface area contributed by atoms with Crippen molar-refractivity contribution in [3.63, 3.8) is 0 Å². The number of allylic oxidation sites excluding steroid dienone is 1. The molecule has 0 spiro atoms. The average molecular weight is 781 g/mol. The quantitative estimate of drug-likeness (QED) is 0.232. The Morgan fingerprint density at radius 1 is 0.722 bits per heavy atom. The van der Waals surface area contributed by atoms with E-state index in [0.29, 0.717) is 0 Å². The van der Waals surface area contributed by atoms with Crippen molar-refractivity contribution in [2.24, 2.45) is 57.7 Å². The molecule has 6 aliphatic rings. The predicted molar refractivity (Wildman–Crippen MR) is 182 cm³/mol. The molecule has 298 valence electrons. The second-order valence-electron chi connectivity index (χ2n) is 16.9. The predicted octanol–water partition coefficient (Wildman–Crippen LogP) is 2.18. The van der Waals surface area contributed by atoms with Gasteiger partial charge in [0.15, 0.2) is 17.5 Å². The van der Waals surface area contributed by atoms with Crippen LogP contribution in [0.1, 0.15) is 75.7 Å². The summed E-state index contributed by atoms with van der Waals surface area (Å²) in [5.74, 6) is -12.4. The van der Waals surface area contributed by atoms with Crippen LogP contribution in [0.4, 0.5) is 0 Å². The lowest BCUT2D eigenvalue weighted by molar-refractivity contribution is -0.282. The van der Waals surface area contributed by atoms with Gasteiger partial charge in [-0.05, 0) is 38.2 Å². The largest absolute Gasteiger partial charge is 0.462 e. The van der Waals surface area contributed by atoms with Crippen LogP contribution in [0.15, 0.2) is 11.8 Å². The molecule has 16 heteroatoms. The maximum Gasteiger partial charge on any atom is 0.343 e. The maximum atomic E-state index is 14.7. The molecule has 2 N–H and O–H groups in total. The highest BCUT2D eigenvalue weighted by atomic mass is 35.5. The molecule has 54 heavy (non-hydrogen) atoms. The summed E-state index contributed by atoms with van der Waals surface area (Å²) in [4.78, 5) is 93.0. The summed E-state index contributed by atoms with van der Waals surface area (Å²) in [5, 5.41) is 23.3. The lowest BCUT2D eigenvalue weighted by atomic mass is 9.41. The highest BCUT2D eigenvalue weighted by molar-refractivity contribution is 6.21. The second-order valence-corrected chi connectivity index (χ2v) is 17.5. The van der Waals surface area contributed by atoms with E-state index >= 15 is 0 Å². The summed E-state index contributed by atoms with van der Waals surface area (Å²) in [7, 11) is 0. The molecule has 6 rings (SSSR count). The van der Waals surface area contributed by atoms with Gasteiger partial charge in [0, 0.05) is 75.0 Å². The van der Waals surface area contributed by atoms with Crippen LogP contribution < -0.4 is 0 Å². The number of aliphatic hydroxyl groups is 2. The molecule has 0 amide bonds. The Morgan fingerprint density at radius 3 is 1.70 bits per heavy atom. The molecule has 4 saturated carbocycles. The van der Waals surface area contributed by atoms with Crippen LogP contribution in [-0.4, -0.2) is 99.4 Å². The number of halogens is 1. The monoisotopic (exact) mass is 780 g/mol. The number of hydrogen-bond donors (Lipinski definition) is 2. The van der Waals surface area contributed by atoms with Gasteiger partial charge in [0.1, 0.15) is 36.3 Å². The number of hydrogen-bond acceptors (Lipinski definition) is 15. The summed E-state index contributed by atoms with van der Waals surface area (Å²) in [6.07, 6.45) is -7.14. The highest BCUT2D eigenvalue weighted by Crippen LogP contribution is 2.75. The number of rotatable bonds is 5. The number of esters is 6. The molecule has 18 atom stereocenters. The molecule has 0 radical (unpaired) electrons. The zero-order chi connectivity index (χ0) is 40.4. The minimum atomic E-state index is -2.16. The van der Waals surface area contributed by atoms with Crippen molar-refractivity contribution in [3.05, 3.63) is 11.8 Å². The minimum Gasteiger partial charge on any atom is -0.462 e. The average Bonchev–Trinajstić information content (AvgIpc) is 3.39. The van der Waals surface area contributed by atoms with E-state index in [2.05, 4.69) is 0 Å². The fraction of sp³-hybridized carbons (Fsp3) is 0.763. The van der Waals surface area contributed by atoms with Crippen LogP contribution in [0.3, 0.4) is 0 Å². The molecule has 0 unspecified atom stereocenters. The van der Waals surface area contributed by atoms with E-state index in [1.54, 1.807) is 26.8 Å². The fourth-order valence-corrected chi connectivity index (χ4v) is 12.6. The summed E-state index contributed by atoms with van der Waals surface area (Å²) in [5.41, 5.74) is -6.78. The lowest BCUT2D eigenvalue weighted by Gasteiger charge is -2.66. The number of carbonyl (C=O) groups excluding carboxylic acids is 7. The highest BCUT2D eigenvalue weighted by Gasteiger charge is 2.83. The SMILES string of the molecule is CC(=O)O[C@@H]1[C@H]2[C@H]3[C@H]([C@H](OC(C)=O)[C@H](OC(C)=O)[C@]2(C)[C@@H]2[C@@H]1[C@]1(C)C(=C[C@H]2C)OC(=O)[C@@]1(C)O)[C@]1(C)[C@H](C[C@@H](Cl)[C@H](OC(C)=O)[C@@H]1OC(C)=O)C(=O)[C@@H]3O. The third kappa shape index (κ3) is 5.30. The number of ketones is 1. The Kier molecular flexibility index (Phi) is 9.66. The van der Waals surface area contributed by atoms with Gasteiger partial charge in [-0.2, -0.15) is 0 Å². The molecule has 15 nitrogen and oxygen atoms in total. The third-order valence-corrected chi connectivity index (χ3v) is 14.5. The Balaban J connectivity index is 1.70. The summed E-state index contributed by atoms with van der Waals surface area (Å²) < 4.78 is 35.9. The Hall–Kier alpha value is -3.56. The first kappa shape index (κ1) is 40.1. The van der Waals surface area contributed by atoms with Gasteiger partial charge in [0.2, 0.25) is 0 Å². The van der Waals surface area contributed by atoms with Crippen molar-refractivity contribution < 1.29 is 72.2 Å². The summed E-state index contributed by atoms with van der Waals surface area (Å²) in [6.45, 7) is 13.9. The molecule has 0 aromatic carbocycles. The first-order chi connectivity index (χ1) is 24.9. The third-order valence-electron chi connectivity index (χ3n) is 14.1. The van der Waals surface area contributed by atoms with Gasteiger partial charge < -0.3 is 38.6 Å². The summed E-state index contributed by atoms with van der Waals surface area (Å²) in [6, 6.07) is 0. The molecular weight excluding hydrogens is 732 g/mol. The van der Waals surface area contributed by atoms with Crippen molar-refractivity contribution in [1.29, 1.82) is 0 Å². The van der Waals surface area contributed by atoms with Gasteiger partial charge in [-0.15, -0.1) is 11.6 Å². The van der Waals surface area contributed by atoms with E-state index in [-0.39, 0.29) is 12.2 Å². The van der Waals surface area contributed by atoms with Crippen molar-refractivity contribution in [2.75, 3.05) is 0 Å². The molecule has 1 saturated heterocycles. The van der Waals surface area contributed by atoms with Crippen LogP contribution >= 0.6 is 11.6 Å². The van der Waals surface area contributed by atoms with Crippen molar-refractivity contribution in [1.82, 2.24) is 0 Å². The van der Waals surface area contributed by atoms with Gasteiger partial charge in [0.25, 0.3) is 0 Å². The molecule has 1 aliphatic heterocycles. The molecule has 1 heterocycles. The standard InChI is InChI=1S/C38H49ClO15/c1-13-11-21-37(9,38(10,48)34(47)54-21)26-23(13)36(8)24(30(26)50-15(3)41)22-25(31(51-16(4)42)33(36)53-18(6)44)35(7)19(27(45)28(22)46)12-20(39)29(49-14(2)40)32(35)52-17(5)43/h11,13,19-20,22-26,28-33,46,48H,12H2,1-10H3/t13-,19-,20-,22+,23+,24-,25-,26+,28-,29+,30-,31+,32+,33+,35+,36-,37+,38-/m1/s1. The van der Waals surface area contributed by atoms with Gasteiger partial charge >= 0.3 is 35.8 Å². The van der Waals surface area contributed by atoms with E-state index in [1.165, 1.54) is 20.8 Å². The van der Waals surface area contributed by atoms with Crippen LogP contribution in [-0.2, 0) is 62.0 Å². The van der Waals surface area contributed by atoms with Gasteiger partial charge in [-0.25, -0.2) is 4.79 Å². The number of alkyl halides is 1. The molecule has 0 aromatic heterocycles. The zero-order valence-electron chi connectivity index (χ0n) is 31.9. The maximum absolute atomic E-state index is 14.7. The van der Waals surface area contributed by atoms with Gasteiger partial charge in [-0.1, -0.05) is 20.8 Å². The Morgan fingerprint density at radius 2 is 1.19 bits per heavy atom. The van der Waals surface area contributed by atoms with Crippen molar-refractivity contribution in [3.8, 4) is 0 Å². The lowest BCUT2D eigenvalue weighted by Crippen LogP contribution is -2.76. The molecule has 5 aliphatic carbocycles. The smallest absolute Gasteiger partial charge is 0.343 e. The number of carbonyl (C=O) groups is 7. The van der Waals surface area contributed by atoms with E-state index < -0.39 is 147 Å². The number of ether oxygens (including phenoxy) is 6. The van der Waals surface area contributed by atoms with E-state index in [4.69, 9.17) is 40.0 Å².